The van der Waals surface area contributed by atoms with Gasteiger partial charge in [-0.15, -0.1) is 11.6 Å². The van der Waals surface area contributed by atoms with Gasteiger partial charge in [-0.3, -0.25) is 0 Å². The third kappa shape index (κ3) is 3.30. The number of imidazole rings is 1. The second-order valence-corrected chi connectivity index (χ2v) is 6.46. The van der Waals surface area contributed by atoms with E-state index in [-0.39, 0.29) is 5.38 Å². The van der Waals surface area contributed by atoms with Crippen LogP contribution in [0.1, 0.15) is 25.0 Å². The minimum Gasteiger partial charge on any atom is -0.384 e. The van der Waals surface area contributed by atoms with Crippen molar-refractivity contribution in [1.82, 2.24) is 9.55 Å². The van der Waals surface area contributed by atoms with Crippen molar-refractivity contribution in [2.45, 2.75) is 25.8 Å². The zero-order valence-electron chi connectivity index (χ0n) is 11.4. The molecule has 0 spiro atoms. The van der Waals surface area contributed by atoms with Crippen LogP contribution >= 0.6 is 27.5 Å². The molecule has 0 radical (unpaired) electrons. The SMILES string of the molecule is COCC(C)Cn1c(C(C)Cl)nc2cc(Br)ccc21. The minimum absolute atomic E-state index is 0.110. The van der Waals surface area contributed by atoms with Gasteiger partial charge in [0.2, 0.25) is 0 Å². The van der Waals surface area contributed by atoms with Crippen molar-refractivity contribution in [3.05, 3.63) is 28.5 Å². The van der Waals surface area contributed by atoms with Crippen LogP contribution in [-0.4, -0.2) is 23.3 Å². The molecule has 0 fully saturated rings. The van der Waals surface area contributed by atoms with E-state index in [9.17, 15) is 0 Å². The lowest BCUT2D eigenvalue weighted by molar-refractivity contribution is 0.151. The molecule has 0 bridgehead atoms. The topological polar surface area (TPSA) is 27.1 Å². The van der Waals surface area contributed by atoms with Crippen molar-refractivity contribution in [3.63, 3.8) is 0 Å². The summed E-state index contributed by atoms with van der Waals surface area (Å²) in [6.45, 7) is 5.71. The molecule has 2 aromatic rings. The normalized spacial score (nSPS) is 14.8. The van der Waals surface area contributed by atoms with E-state index in [0.29, 0.717) is 5.92 Å². The van der Waals surface area contributed by atoms with E-state index < -0.39 is 0 Å². The molecule has 0 N–H and O–H groups in total. The van der Waals surface area contributed by atoms with Crippen LogP contribution in [0.25, 0.3) is 11.0 Å². The first-order chi connectivity index (χ1) is 9.02. The van der Waals surface area contributed by atoms with Crippen LogP contribution in [0.15, 0.2) is 22.7 Å². The molecule has 5 heteroatoms. The average molecular weight is 346 g/mol. The van der Waals surface area contributed by atoms with Crippen LogP contribution in [0.2, 0.25) is 0 Å². The zero-order chi connectivity index (χ0) is 14.0. The van der Waals surface area contributed by atoms with Gasteiger partial charge in [-0.05, 0) is 31.0 Å². The first-order valence-corrected chi connectivity index (χ1v) is 7.54. The molecule has 1 aromatic heterocycles. The summed E-state index contributed by atoms with van der Waals surface area (Å²) in [5, 5.41) is -0.110. The van der Waals surface area contributed by atoms with Crippen molar-refractivity contribution in [2.24, 2.45) is 5.92 Å². The van der Waals surface area contributed by atoms with Gasteiger partial charge in [0.1, 0.15) is 5.82 Å². The molecule has 2 rings (SSSR count). The maximum absolute atomic E-state index is 6.25. The Balaban J connectivity index is 2.46. The molecule has 0 amide bonds. The Morgan fingerprint density at radius 3 is 2.79 bits per heavy atom. The summed E-state index contributed by atoms with van der Waals surface area (Å²) in [4.78, 5) is 4.65. The van der Waals surface area contributed by atoms with Gasteiger partial charge >= 0.3 is 0 Å². The van der Waals surface area contributed by atoms with Gasteiger partial charge in [-0.2, -0.15) is 0 Å². The van der Waals surface area contributed by atoms with Gasteiger partial charge in [0.25, 0.3) is 0 Å². The van der Waals surface area contributed by atoms with Gasteiger partial charge in [0, 0.05) is 18.1 Å². The summed E-state index contributed by atoms with van der Waals surface area (Å²) < 4.78 is 8.44. The summed E-state index contributed by atoms with van der Waals surface area (Å²) in [5.41, 5.74) is 2.09. The number of fused-ring (bicyclic) bond motifs is 1. The first kappa shape index (κ1) is 14.8. The largest absolute Gasteiger partial charge is 0.384 e. The van der Waals surface area contributed by atoms with Crippen molar-refractivity contribution >= 4 is 38.6 Å². The number of benzene rings is 1. The van der Waals surface area contributed by atoms with Crippen LogP contribution < -0.4 is 0 Å². The van der Waals surface area contributed by atoms with E-state index in [1.165, 1.54) is 0 Å². The fraction of sp³-hybridized carbons (Fsp3) is 0.500. The van der Waals surface area contributed by atoms with E-state index in [0.717, 1.165) is 34.5 Å². The van der Waals surface area contributed by atoms with Gasteiger partial charge < -0.3 is 9.30 Å². The predicted octanol–water partition coefficient (Wildman–Crippen LogP) is 4.38. The Hall–Kier alpha value is -0.580. The third-order valence-electron chi connectivity index (χ3n) is 3.04. The number of ether oxygens (including phenoxy) is 1. The Kier molecular flexibility index (Phi) is 4.87. The van der Waals surface area contributed by atoms with E-state index in [1.807, 2.05) is 19.1 Å². The highest BCUT2D eigenvalue weighted by atomic mass is 79.9. The standard InChI is InChI=1S/C14H18BrClN2O/c1-9(8-19-3)7-18-13-5-4-11(15)6-12(13)17-14(18)10(2)16/h4-6,9-10H,7-8H2,1-3H3. The Morgan fingerprint density at radius 1 is 1.42 bits per heavy atom. The minimum atomic E-state index is -0.110. The quantitative estimate of drug-likeness (QED) is 0.752. The maximum atomic E-state index is 6.25. The molecule has 0 aliphatic carbocycles. The van der Waals surface area contributed by atoms with Gasteiger partial charge in [-0.1, -0.05) is 22.9 Å². The number of nitrogens with zero attached hydrogens (tertiary/aromatic N) is 2. The molecule has 0 aliphatic rings. The first-order valence-electron chi connectivity index (χ1n) is 6.31. The summed E-state index contributed by atoms with van der Waals surface area (Å²) in [6.07, 6.45) is 0. The molecular weight excluding hydrogens is 328 g/mol. The third-order valence-corrected chi connectivity index (χ3v) is 3.73. The maximum Gasteiger partial charge on any atom is 0.127 e. The smallest absolute Gasteiger partial charge is 0.127 e. The average Bonchev–Trinajstić information content (AvgIpc) is 2.67. The molecule has 0 aliphatic heterocycles. The molecule has 19 heavy (non-hydrogen) atoms. The molecule has 2 atom stereocenters. The lowest BCUT2D eigenvalue weighted by Crippen LogP contribution is -2.15. The van der Waals surface area contributed by atoms with Gasteiger partial charge in [0.15, 0.2) is 0 Å². The monoisotopic (exact) mass is 344 g/mol. The number of hydrogen-bond acceptors (Lipinski definition) is 2. The van der Waals surface area contributed by atoms with E-state index >= 15 is 0 Å². The number of halogens is 2. The lowest BCUT2D eigenvalue weighted by atomic mass is 10.2. The highest BCUT2D eigenvalue weighted by Crippen LogP contribution is 2.27. The molecule has 3 nitrogen and oxygen atoms in total. The highest BCUT2D eigenvalue weighted by Gasteiger charge is 2.16. The molecule has 0 saturated carbocycles. The Labute approximate surface area is 127 Å². The summed E-state index contributed by atoms with van der Waals surface area (Å²) in [5.74, 6) is 1.33. The molecule has 104 valence electrons. The van der Waals surface area contributed by atoms with Crippen LogP contribution in [0.4, 0.5) is 0 Å². The van der Waals surface area contributed by atoms with Gasteiger partial charge in [-0.25, -0.2) is 4.98 Å². The van der Waals surface area contributed by atoms with Crippen molar-refractivity contribution in [3.8, 4) is 0 Å². The van der Waals surface area contributed by atoms with Crippen LogP contribution in [-0.2, 0) is 11.3 Å². The van der Waals surface area contributed by atoms with Crippen LogP contribution in [0.3, 0.4) is 0 Å². The van der Waals surface area contributed by atoms with Gasteiger partial charge in [0.05, 0.1) is 23.0 Å². The van der Waals surface area contributed by atoms with Crippen LogP contribution in [0.5, 0.6) is 0 Å². The fourth-order valence-electron chi connectivity index (χ4n) is 2.27. The lowest BCUT2D eigenvalue weighted by Gasteiger charge is -2.15. The summed E-state index contributed by atoms with van der Waals surface area (Å²) >= 11 is 9.73. The van der Waals surface area contributed by atoms with Crippen molar-refractivity contribution in [1.29, 1.82) is 0 Å². The highest BCUT2D eigenvalue weighted by molar-refractivity contribution is 9.10. The van der Waals surface area contributed by atoms with Crippen molar-refractivity contribution in [2.75, 3.05) is 13.7 Å². The van der Waals surface area contributed by atoms with E-state index in [1.54, 1.807) is 7.11 Å². The zero-order valence-corrected chi connectivity index (χ0v) is 13.7. The number of alkyl halides is 1. The summed E-state index contributed by atoms with van der Waals surface area (Å²) in [7, 11) is 1.73. The van der Waals surface area contributed by atoms with E-state index in [4.69, 9.17) is 16.3 Å². The fourth-order valence-corrected chi connectivity index (χ4v) is 2.78. The molecule has 0 saturated heterocycles. The second-order valence-electron chi connectivity index (χ2n) is 4.89. The number of rotatable bonds is 5. The number of aromatic nitrogens is 2. The second kappa shape index (κ2) is 6.25. The molecular formula is C14H18BrClN2O. The molecule has 2 unspecified atom stereocenters. The number of methoxy groups -OCH3 is 1. The van der Waals surface area contributed by atoms with E-state index in [2.05, 4.69) is 38.5 Å². The summed E-state index contributed by atoms with van der Waals surface area (Å²) in [6, 6.07) is 6.13. The number of hydrogen-bond donors (Lipinski definition) is 0. The molecule has 1 heterocycles. The molecule has 1 aromatic carbocycles. The Bertz CT molecular complexity index is 568. The van der Waals surface area contributed by atoms with Crippen LogP contribution in [0, 0.1) is 5.92 Å². The predicted molar refractivity (Wildman–Crippen MR) is 82.7 cm³/mol. The Morgan fingerprint density at radius 2 is 2.16 bits per heavy atom. The van der Waals surface area contributed by atoms with Crippen molar-refractivity contribution < 1.29 is 4.74 Å².